The quantitative estimate of drug-likeness (QED) is 0.842. The van der Waals surface area contributed by atoms with E-state index in [0.29, 0.717) is 24.2 Å². The van der Waals surface area contributed by atoms with Crippen LogP contribution in [0.1, 0.15) is 19.2 Å². The molecular formula is C11H12F2N2O. The standard InChI is InChI=1S/C11H12F2N2O/c1-6(16)2-5-9-14-8-4-3-7(12)10(13)11(8)15-9/h3-4,6,16H,2,5H2,1H3,(H,14,15). The lowest BCUT2D eigenvalue weighted by molar-refractivity contribution is 0.184. The van der Waals surface area contributed by atoms with Gasteiger partial charge in [0.2, 0.25) is 0 Å². The maximum Gasteiger partial charge on any atom is 0.186 e. The molecule has 1 aromatic carbocycles. The van der Waals surface area contributed by atoms with E-state index in [1.54, 1.807) is 6.92 Å². The smallest absolute Gasteiger partial charge is 0.186 e. The van der Waals surface area contributed by atoms with Crippen LogP contribution in [-0.4, -0.2) is 21.2 Å². The van der Waals surface area contributed by atoms with E-state index in [-0.39, 0.29) is 5.52 Å². The molecule has 1 atom stereocenters. The highest BCUT2D eigenvalue weighted by atomic mass is 19.2. The Morgan fingerprint density at radius 3 is 2.88 bits per heavy atom. The summed E-state index contributed by atoms with van der Waals surface area (Å²) in [7, 11) is 0. The minimum Gasteiger partial charge on any atom is -0.393 e. The predicted octanol–water partition coefficient (Wildman–Crippen LogP) is 2.15. The average molecular weight is 226 g/mol. The van der Waals surface area contributed by atoms with E-state index < -0.39 is 17.7 Å². The van der Waals surface area contributed by atoms with Gasteiger partial charge in [0, 0.05) is 6.42 Å². The summed E-state index contributed by atoms with van der Waals surface area (Å²) in [6.45, 7) is 1.67. The Morgan fingerprint density at radius 2 is 2.19 bits per heavy atom. The first-order chi connectivity index (χ1) is 7.58. The Balaban J connectivity index is 2.33. The number of nitrogens with zero attached hydrogens (tertiary/aromatic N) is 1. The van der Waals surface area contributed by atoms with Gasteiger partial charge in [-0.15, -0.1) is 0 Å². The Hall–Kier alpha value is -1.49. The van der Waals surface area contributed by atoms with E-state index >= 15 is 0 Å². The summed E-state index contributed by atoms with van der Waals surface area (Å²) in [5, 5.41) is 9.11. The molecule has 1 heterocycles. The largest absolute Gasteiger partial charge is 0.393 e. The van der Waals surface area contributed by atoms with Gasteiger partial charge in [-0.2, -0.15) is 0 Å². The van der Waals surface area contributed by atoms with Gasteiger partial charge < -0.3 is 10.1 Å². The lowest BCUT2D eigenvalue weighted by Crippen LogP contribution is -2.02. The molecule has 86 valence electrons. The van der Waals surface area contributed by atoms with Crippen molar-refractivity contribution in [1.29, 1.82) is 0 Å². The number of benzene rings is 1. The normalized spacial score (nSPS) is 13.2. The lowest BCUT2D eigenvalue weighted by Gasteiger charge is -1.99. The minimum atomic E-state index is -0.933. The summed E-state index contributed by atoms with van der Waals surface area (Å²) in [5.41, 5.74) is 0.486. The number of aryl methyl sites for hydroxylation is 1. The fourth-order valence-corrected chi connectivity index (χ4v) is 1.53. The number of hydrogen-bond acceptors (Lipinski definition) is 2. The molecule has 1 aromatic heterocycles. The van der Waals surface area contributed by atoms with Crippen molar-refractivity contribution in [2.45, 2.75) is 25.9 Å². The van der Waals surface area contributed by atoms with Gasteiger partial charge in [-0.05, 0) is 25.5 Å². The van der Waals surface area contributed by atoms with Crippen LogP contribution >= 0.6 is 0 Å². The minimum absolute atomic E-state index is 0.0144. The van der Waals surface area contributed by atoms with Crippen LogP contribution in [0.15, 0.2) is 12.1 Å². The predicted molar refractivity (Wildman–Crippen MR) is 56.0 cm³/mol. The summed E-state index contributed by atoms with van der Waals surface area (Å²) in [6, 6.07) is 2.51. The van der Waals surface area contributed by atoms with Crippen molar-refractivity contribution < 1.29 is 13.9 Å². The SMILES string of the molecule is CC(O)CCc1nc2c(F)c(F)ccc2[nH]1. The van der Waals surface area contributed by atoms with Crippen molar-refractivity contribution in [2.75, 3.05) is 0 Å². The summed E-state index contributed by atoms with van der Waals surface area (Å²) in [4.78, 5) is 6.85. The molecule has 0 aliphatic rings. The second kappa shape index (κ2) is 4.17. The number of aliphatic hydroxyl groups excluding tert-OH is 1. The monoisotopic (exact) mass is 226 g/mol. The highest BCUT2D eigenvalue weighted by Crippen LogP contribution is 2.18. The van der Waals surface area contributed by atoms with Gasteiger partial charge in [0.15, 0.2) is 11.6 Å². The Morgan fingerprint density at radius 1 is 1.44 bits per heavy atom. The molecule has 0 fully saturated rings. The number of imidazole rings is 1. The molecule has 0 saturated carbocycles. The third-order valence-electron chi connectivity index (χ3n) is 2.39. The zero-order valence-corrected chi connectivity index (χ0v) is 8.80. The molecule has 1 unspecified atom stereocenters. The maximum absolute atomic E-state index is 13.3. The van der Waals surface area contributed by atoms with E-state index in [1.165, 1.54) is 6.07 Å². The van der Waals surface area contributed by atoms with Gasteiger partial charge in [-0.25, -0.2) is 13.8 Å². The molecule has 0 amide bonds. The van der Waals surface area contributed by atoms with E-state index in [9.17, 15) is 8.78 Å². The van der Waals surface area contributed by atoms with Crippen LogP contribution in [0, 0.1) is 11.6 Å². The third kappa shape index (κ3) is 2.04. The first-order valence-corrected chi connectivity index (χ1v) is 5.08. The number of aliphatic hydroxyl groups is 1. The van der Waals surface area contributed by atoms with Crippen LogP contribution in [0.3, 0.4) is 0 Å². The van der Waals surface area contributed by atoms with Crippen molar-refractivity contribution in [3.63, 3.8) is 0 Å². The zero-order valence-electron chi connectivity index (χ0n) is 8.80. The number of aromatic amines is 1. The molecule has 0 saturated heterocycles. The van der Waals surface area contributed by atoms with Crippen LogP contribution in [0.25, 0.3) is 11.0 Å². The van der Waals surface area contributed by atoms with Gasteiger partial charge in [0.25, 0.3) is 0 Å². The van der Waals surface area contributed by atoms with Crippen molar-refractivity contribution in [1.82, 2.24) is 9.97 Å². The Labute approximate surface area is 91.1 Å². The molecule has 2 rings (SSSR count). The molecule has 3 nitrogen and oxygen atoms in total. The zero-order chi connectivity index (χ0) is 11.7. The first-order valence-electron chi connectivity index (χ1n) is 5.08. The molecule has 2 N–H and O–H groups in total. The van der Waals surface area contributed by atoms with E-state index in [4.69, 9.17) is 5.11 Å². The van der Waals surface area contributed by atoms with E-state index in [1.807, 2.05) is 0 Å². The number of hydrogen-bond donors (Lipinski definition) is 2. The molecule has 0 radical (unpaired) electrons. The maximum atomic E-state index is 13.3. The van der Waals surface area contributed by atoms with Gasteiger partial charge in [-0.3, -0.25) is 0 Å². The third-order valence-corrected chi connectivity index (χ3v) is 2.39. The number of aromatic nitrogens is 2. The molecule has 0 aliphatic carbocycles. The first kappa shape index (κ1) is 11.0. The topological polar surface area (TPSA) is 48.9 Å². The number of halogens is 2. The molecular weight excluding hydrogens is 214 g/mol. The Kier molecular flexibility index (Phi) is 2.87. The molecule has 2 aromatic rings. The van der Waals surface area contributed by atoms with Gasteiger partial charge >= 0.3 is 0 Å². The molecule has 16 heavy (non-hydrogen) atoms. The van der Waals surface area contributed by atoms with Crippen LogP contribution in [0.2, 0.25) is 0 Å². The summed E-state index contributed by atoms with van der Waals surface area (Å²) in [6.07, 6.45) is 0.604. The van der Waals surface area contributed by atoms with E-state index in [2.05, 4.69) is 9.97 Å². The fraction of sp³-hybridized carbons (Fsp3) is 0.364. The van der Waals surface area contributed by atoms with Crippen LogP contribution in [0.4, 0.5) is 8.78 Å². The van der Waals surface area contributed by atoms with Crippen LogP contribution < -0.4 is 0 Å². The summed E-state index contributed by atoms with van der Waals surface area (Å²) in [5.74, 6) is -1.28. The molecule has 0 spiro atoms. The van der Waals surface area contributed by atoms with Gasteiger partial charge in [0.05, 0.1) is 11.6 Å². The summed E-state index contributed by atoms with van der Waals surface area (Å²) >= 11 is 0. The van der Waals surface area contributed by atoms with Gasteiger partial charge in [0.1, 0.15) is 11.3 Å². The Bertz CT molecular complexity index is 508. The highest BCUT2D eigenvalue weighted by molar-refractivity contribution is 5.75. The second-order valence-electron chi connectivity index (χ2n) is 3.83. The number of H-pyrrole nitrogens is 1. The van der Waals surface area contributed by atoms with Gasteiger partial charge in [-0.1, -0.05) is 0 Å². The highest BCUT2D eigenvalue weighted by Gasteiger charge is 2.11. The molecule has 0 bridgehead atoms. The fourth-order valence-electron chi connectivity index (χ4n) is 1.53. The summed E-state index contributed by atoms with van der Waals surface area (Å²) < 4.78 is 26.2. The number of rotatable bonds is 3. The van der Waals surface area contributed by atoms with Crippen molar-refractivity contribution in [3.05, 3.63) is 29.6 Å². The number of nitrogens with one attached hydrogen (secondary N) is 1. The van der Waals surface area contributed by atoms with Crippen LogP contribution in [-0.2, 0) is 6.42 Å². The number of fused-ring (bicyclic) bond motifs is 1. The lowest BCUT2D eigenvalue weighted by atomic mass is 10.2. The van der Waals surface area contributed by atoms with Crippen molar-refractivity contribution in [2.24, 2.45) is 0 Å². The van der Waals surface area contributed by atoms with Crippen molar-refractivity contribution >= 4 is 11.0 Å². The molecule has 5 heteroatoms. The van der Waals surface area contributed by atoms with Crippen molar-refractivity contribution in [3.8, 4) is 0 Å². The van der Waals surface area contributed by atoms with E-state index in [0.717, 1.165) is 6.07 Å². The average Bonchev–Trinajstić information content (AvgIpc) is 2.64. The second-order valence-corrected chi connectivity index (χ2v) is 3.83. The van der Waals surface area contributed by atoms with Crippen LogP contribution in [0.5, 0.6) is 0 Å². The molecule has 0 aliphatic heterocycles.